The predicted molar refractivity (Wildman–Crippen MR) is 96.0 cm³/mol. The Morgan fingerprint density at radius 2 is 2.25 bits per heavy atom. The van der Waals surface area contributed by atoms with Gasteiger partial charge in [0.2, 0.25) is 0 Å². The van der Waals surface area contributed by atoms with Crippen molar-refractivity contribution < 1.29 is 4.79 Å². The third-order valence-corrected chi connectivity index (χ3v) is 5.34. The summed E-state index contributed by atoms with van der Waals surface area (Å²) >= 11 is 0. The number of fused-ring (bicyclic) bond motifs is 3. The molecule has 126 valence electrons. The second-order valence-electron chi connectivity index (χ2n) is 6.98. The van der Waals surface area contributed by atoms with E-state index in [1.807, 2.05) is 18.2 Å². The van der Waals surface area contributed by atoms with E-state index in [0.717, 1.165) is 59.7 Å². The van der Waals surface area contributed by atoms with Crippen LogP contribution in [0.2, 0.25) is 0 Å². The number of urea groups is 1. The molecule has 2 aromatic rings. The van der Waals surface area contributed by atoms with Crippen molar-refractivity contribution in [2.75, 3.05) is 11.9 Å². The molecule has 2 aliphatic carbocycles. The molecule has 2 amide bonds. The Labute approximate surface area is 141 Å². The molecule has 2 aliphatic rings. The summed E-state index contributed by atoms with van der Waals surface area (Å²) in [5.41, 5.74) is 2.68. The summed E-state index contributed by atoms with van der Waals surface area (Å²) in [7, 11) is 0. The van der Waals surface area contributed by atoms with Crippen LogP contribution in [0.5, 0.6) is 0 Å². The van der Waals surface area contributed by atoms with Crippen LogP contribution in [0.4, 0.5) is 10.5 Å². The molecule has 0 radical (unpaired) electrons. The highest BCUT2D eigenvalue weighted by atomic mass is 16.2. The molecular weight excluding hydrogens is 300 g/mol. The molecule has 4 rings (SSSR count). The molecule has 3 N–H and O–H groups in total. The molecule has 24 heavy (non-hydrogen) atoms. The van der Waals surface area contributed by atoms with Gasteiger partial charge in [-0.3, -0.25) is 0 Å². The van der Waals surface area contributed by atoms with Gasteiger partial charge in [0.15, 0.2) is 0 Å². The molecule has 1 aromatic carbocycles. The van der Waals surface area contributed by atoms with Gasteiger partial charge in [-0.25, -0.2) is 9.78 Å². The van der Waals surface area contributed by atoms with E-state index >= 15 is 0 Å². The van der Waals surface area contributed by atoms with Crippen LogP contribution in [0.1, 0.15) is 32.0 Å². The van der Waals surface area contributed by atoms with Gasteiger partial charge in [0.25, 0.3) is 0 Å². The standard InChI is InChI=1S/C19H24N4O/c1-2-18-22-16-6-5-15(11-17(16)23-18)21-19(24)20-8-7-14-10-12-3-4-13(14)9-12/h3-6,11-14H,2,7-10H2,1H3,(H,22,23)(H2,20,21,24)/t12-,13+,14-/m1/s1. The minimum Gasteiger partial charge on any atom is -0.342 e. The third-order valence-electron chi connectivity index (χ3n) is 5.34. The van der Waals surface area contributed by atoms with Gasteiger partial charge >= 0.3 is 6.03 Å². The first kappa shape index (κ1) is 15.2. The SMILES string of the molecule is CCc1nc2ccc(NC(=O)NCC[C@@H]3C[C@@H]4C=C[C@H]3C4)cc2[nH]1. The van der Waals surface area contributed by atoms with E-state index in [-0.39, 0.29) is 6.03 Å². The lowest BCUT2D eigenvalue weighted by Gasteiger charge is -2.18. The maximum Gasteiger partial charge on any atom is 0.319 e. The number of nitrogens with one attached hydrogen (secondary N) is 3. The number of hydrogen-bond acceptors (Lipinski definition) is 2. The van der Waals surface area contributed by atoms with Gasteiger partial charge in [0.1, 0.15) is 5.82 Å². The van der Waals surface area contributed by atoms with Crippen molar-refractivity contribution in [1.29, 1.82) is 0 Å². The maximum atomic E-state index is 12.1. The van der Waals surface area contributed by atoms with Crippen LogP contribution in [-0.2, 0) is 6.42 Å². The van der Waals surface area contributed by atoms with Crippen LogP contribution in [0.25, 0.3) is 11.0 Å². The quantitative estimate of drug-likeness (QED) is 0.731. The van der Waals surface area contributed by atoms with Gasteiger partial charge in [-0.05, 0) is 55.2 Å². The first-order valence-electron chi connectivity index (χ1n) is 8.93. The van der Waals surface area contributed by atoms with E-state index in [1.54, 1.807) is 0 Å². The molecule has 5 heteroatoms. The van der Waals surface area contributed by atoms with Crippen LogP contribution >= 0.6 is 0 Å². The Bertz CT molecular complexity index is 779. The van der Waals surface area contributed by atoms with Crippen molar-refractivity contribution in [2.45, 2.75) is 32.6 Å². The summed E-state index contributed by atoms with van der Waals surface area (Å²) in [5, 5.41) is 5.89. The molecule has 0 aliphatic heterocycles. The predicted octanol–water partition coefficient (Wildman–Crippen LogP) is 3.85. The minimum absolute atomic E-state index is 0.136. The molecule has 0 saturated heterocycles. The summed E-state index contributed by atoms with van der Waals surface area (Å²) in [6.45, 7) is 2.80. The van der Waals surface area contributed by atoms with Crippen LogP contribution in [-0.4, -0.2) is 22.5 Å². The number of imidazole rings is 1. The zero-order valence-electron chi connectivity index (χ0n) is 14.0. The zero-order valence-corrected chi connectivity index (χ0v) is 14.0. The number of aryl methyl sites for hydroxylation is 1. The number of carbonyl (C=O) groups excluding carboxylic acids is 1. The summed E-state index contributed by atoms with van der Waals surface area (Å²) in [6.07, 6.45) is 9.27. The Hall–Kier alpha value is -2.30. The maximum absolute atomic E-state index is 12.1. The van der Waals surface area contributed by atoms with E-state index in [1.165, 1.54) is 12.8 Å². The smallest absolute Gasteiger partial charge is 0.319 e. The van der Waals surface area contributed by atoms with Gasteiger partial charge in [0, 0.05) is 18.7 Å². The number of aromatic amines is 1. The van der Waals surface area contributed by atoms with Crippen LogP contribution in [0.3, 0.4) is 0 Å². The van der Waals surface area contributed by atoms with Crippen molar-refractivity contribution in [3.63, 3.8) is 0 Å². The average Bonchev–Trinajstić information content (AvgIpc) is 3.28. The third kappa shape index (κ3) is 3.03. The van der Waals surface area contributed by atoms with Crippen molar-refractivity contribution in [1.82, 2.24) is 15.3 Å². The fraction of sp³-hybridized carbons (Fsp3) is 0.474. The van der Waals surface area contributed by atoms with Crippen LogP contribution < -0.4 is 10.6 Å². The summed E-state index contributed by atoms with van der Waals surface area (Å²) in [6, 6.07) is 5.62. The lowest BCUT2D eigenvalue weighted by atomic mass is 9.91. The molecule has 1 saturated carbocycles. The van der Waals surface area contributed by atoms with Crippen molar-refractivity contribution in [3.05, 3.63) is 36.2 Å². The zero-order chi connectivity index (χ0) is 16.5. The Morgan fingerprint density at radius 1 is 1.33 bits per heavy atom. The van der Waals surface area contributed by atoms with E-state index in [9.17, 15) is 4.79 Å². The number of allylic oxidation sites excluding steroid dienone is 2. The highest BCUT2D eigenvalue weighted by Crippen LogP contribution is 2.44. The number of hydrogen-bond donors (Lipinski definition) is 3. The lowest BCUT2D eigenvalue weighted by Crippen LogP contribution is -2.30. The number of H-pyrrole nitrogens is 1. The van der Waals surface area contributed by atoms with Gasteiger partial charge in [0.05, 0.1) is 11.0 Å². The average molecular weight is 324 g/mol. The second kappa shape index (κ2) is 6.30. The number of benzene rings is 1. The molecule has 1 fully saturated rings. The Balaban J connectivity index is 1.28. The van der Waals surface area contributed by atoms with Crippen LogP contribution in [0, 0.1) is 17.8 Å². The Kier molecular flexibility index (Phi) is 4.00. The van der Waals surface area contributed by atoms with E-state index in [0.29, 0.717) is 0 Å². The summed E-state index contributed by atoms with van der Waals surface area (Å²) in [5.74, 6) is 3.25. The second-order valence-corrected chi connectivity index (χ2v) is 6.98. The number of aromatic nitrogens is 2. The highest BCUT2D eigenvalue weighted by molar-refractivity contribution is 5.91. The van der Waals surface area contributed by atoms with Gasteiger partial charge in [-0.1, -0.05) is 19.1 Å². The highest BCUT2D eigenvalue weighted by Gasteiger charge is 2.34. The monoisotopic (exact) mass is 324 g/mol. The van der Waals surface area contributed by atoms with Gasteiger partial charge < -0.3 is 15.6 Å². The largest absolute Gasteiger partial charge is 0.342 e. The molecule has 3 atom stereocenters. The molecule has 0 spiro atoms. The Morgan fingerprint density at radius 3 is 3.00 bits per heavy atom. The molecule has 1 aromatic heterocycles. The first-order valence-corrected chi connectivity index (χ1v) is 8.93. The topological polar surface area (TPSA) is 69.8 Å². The van der Waals surface area contributed by atoms with Gasteiger partial charge in [-0.15, -0.1) is 0 Å². The fourth-order valence-corrected chi connectivity index (χ4v) is 4.08. The molecule has 0 unspecified atom stereocenters. The van der Waals surface area contributed by atoms with Crippen molar-refractivity contribution in [2.24, 2.45) is 17.8 Å². The van der Waals surface area contributed by atoms with Crippen LogP contribution in [0.15, 0.2) is 30.4 Å². The van der Waals surface area contributed by atoms with Gasteiger partial charge in [-0.2, -0.15) is 0 Å². The summed E-state index contributed by atoms with van der Waals surface area (Å²) < 4.78 is 0. The normalized spacial score (nSPS) is 24.6. The minimum atomic E-state index is -0.136. The van der Waals surface area contributed by atoms with Crippen molar-refractivity contribution >= 4 is 22.8 Å². The number of rotatable bonds is 5. The first-order chi connectivity index (χ1) is 11.7. The fourth-order valence-electron chi connectivity index (χ4n) is 4.08. The number of anilines is 1. The number of carbonyl (C=O) groups is 1. The lowest BCUT2D eigenvalue weighted by molar-refractivity contribution is 0.250. The number of amides is 2. The molecular formula is C19H24N4O. The molecule has 5 nitrogen and oxygen atoms in total. The molecule has 2 bridgehead atoms. The summed E-state index contributed by atoms with van der Waals surface area (Å²) in [4.78, 5) is 19.8. The van der Waals surface area contributed by atoms with E-state index in [2.05, 4.69) is 39.7 Å². The van der Waals surface area contributed by atoms with E-state index < -0.39 is 0 Å². The molecule has 1 heterocycles. The number of nitrogens with zero attached hydrogens (tertiary/aromatic N) is 1. The van der Waals surface area contributed by atoms with E-state index in [4.69, 9.17) is 0 Å². The van der Waals surface area contributed by atoms with Crippen molar-refractivity contribution in [3.8, 4) is 0 Å².